The summed E-state index contributed by atoms with van der Waals surface area (Å²) < 4.78 is 0. The van der Waals surface area contributed by atoms with Crippen molar-refractivity contribution in [3.63, 3.8) is 0 Å². The molecule has 2 aliphatic carbocycles. The summed E-state index contributed by atoms with van der Waals surface area (Å²) in [5, 5.41) is 11.6. The largest absolute Gasteiger partial charge is 0.342 e. The van der Waals surface area contributed by atoms with Crippen LogP contribution in [0.1, 0.15) is 45.3 Å². The molecule has 2 fully saturated rings. The normalized spacial score (nSPS) is 29.3. The Kier molecular flexibility index (Phi) is 3.15. The first-order chi connectivity index (χ1) is 10.9. The number of fused-ring (bicyclic) bond motifs is 3. The number of carbonyl (C=O) groups is 1. The molecule has 120 valence electrons. The van der Waals surface area contributed by atoms with Gasteiger partial charge in [-0.2, -0.15) is 5.10 Å². The summed E-state index contributed by atoms with van der Waals surface area (Å²) >= 11 is 0. The first-order valence-corrected chi connectivity index (χ1v) is 8.32. The maximum absolute atomic E-state index is 12.8. The van der Waals surface area contributed by atoms with E-state index in [9.17, 15) is 4.79 Å². The first-order valence-electron chi connectivity index (χ1n) is 8.32. The van der Waals surface area contributed by atoms with E-state index >= 15 is 0 Å². The van der Waals surface area contributed by atoms with Crippen LogP contribution in [-0.4, -0.2) is 22.3 Å². The van der Waals surface area contributed by atoms with Gasteiger partial charge in [0.15, 0.2) is 0 Å². The topological polar surface area (TPSA) is 66.7 Å². The van der Waals surface area contributed by atoms with E-state index in [1.54, 1.807) is 6.20 Å². The van der Waals surface area contributed by atoms with Gasteiger partial charge in [0.2, 0.25) is 0 Å². The van der Waals surface area contributed by atoms with Gasteiger partial charge >= 0.3 is 0 Å². The zero-order valence-electron chi connectivity index (χ0n) is 13.8. The highest BCUT2D eigenvalue weighted by atomic mass is 16.2. The van der Waals surface area contributed by atoms with Gasteiger partial charge in [-0.3, -0.25) is 9.78 Å². The second kappa shape index (κ2) is 4.98. The molecule has 3 aliphatic rings. The minimum absolute atomic E-state index is 0.0966. The van der Waals surface area contributed by atoms with Crippen molar-refractivity contribution in [3.8, 4) is 0 Å². The van der Waals surface area contributed by atoms with E-state index in [1.807, 2.05) is 18.2 Å². The van der Waals surface area contributed by atoms with Gasteiger partial charge in [-0.1, -0.05) is 26.8 Å². The molecule has 4 atom stereocenters. The lowest BCUT2D eigenvalue weighted by molar-refractivity contribution is -0.116. The first kappa shape index (κ1) is 14.5. The minimum atomic E-state index is -0.154. The summed E-state index contributed by atoms with van der Waals surface area (Å²) in [6.45, 7) is 6.32. The van der Waals surface area contributed by atoms with Gasteiger partial charge in [0.05, 0.1) is 17.4 Å². The Morgan fingerprint density at radius 2 is 2.09 bits per heavy atom. The average molecular weight is 310 g/mol. The lowest BCUT2D eigenvalue weighted by Gasteiger charge is -2.31. The molecule has 0 radical (unpaired) electrons. The second-order valence-corrected chi connectivity index (χ2v) is 7.93. The van der Waals surface area contributed by atoms with Crippen LogP contribution in [-0.2, 0) is 4.79 Å². The fourth-order valence-corrected chi connectivity index (χ4v) is 3.82. The van der Waals surface area contributed by atoms with Gasteiger partial charge in [0, 0.05) is 18.0 Å². The summed E-state index contributed by atoms with van der Waals surface area (Å²) in [5.74, 6) is 1.40. The van der Waals surface area contributed by atoms with E-state index in [2.05, 4.69) is 41.3 Å². The van der Waals surface area contributed by atoms with Crippen LogP contribution in [0.15, 0.2) is 34.6 Å². The van der Waals surface area contributed by atoms with Crippen LogP contribution in [0.2, 0.25) is 0 Å². The predicted octanol–water partition coefficient (Wildman–Crippen LogP) is 2.75. The van der Waals surface area contributed by atoms with Crippen LogP contribution >= 0.6 is 0 Å². The van der Waals surface area contributed by atoms with Crippen molar-refractivity contribution in [2.75, 3.05) is 0 Å². The molecule has 1 aliphatic heterocycles. The standard InChI is InChI=1S/C18H22N4O/c1-18(2,3)16(13-6-4-5-7-19-13)20-17(23)15-12-9-10-8-11(10)14(12)21-22-15/h4-7,10-12,16H,8-9H2,1-3H3,(H,20,23)/t10?,11?,12?,16-/m1/s1. The van der Waals surface area contributed by atoms with E-state index in [4.69, 9.17) is 0 Å². The molecule has 2 heterocycles. The van der Waals surface area contributed by atoms with Gasteiger partial charge in [0.1, 0.15) is 5.71 Å². The Morgan fingerprint density at radius 1 is 1.26 bits per heavy atom. The third kappa shape index (κ3) is 2.48. The van der Waals surface area contributed by atoms with E-state index in [1.165, 1.54) is 6.42 Å². The van der Waals surface area contributed by atoms with Crippen LogP contribution in [0.25, 0.3) is 0 Å². The SMILES string of the molecule is CC(C)(C)[C@H](NC(=O)C1=NN=C2C1CC1CC21)c1ccccn1. The molecule has 2 saturated carbocycles. The van der Waals surface area contributed by atoms with Crippen molar-refractivity contribution in [3.05, 3.63) is 30.1 Å². The molecule has 0 spiro atoms. The molecule has 0 saturated heterocycles. The number of amides is 1. The fourth-order valence-electron chi connectivity index (χ4n) is 3.82. The van der Waals surface area contributed by atoms with E-state index in [-0.39, 0.29) is 23.3 Å². The van der Waals surface area contributed by atoms with Crippen LogP contribution in [0.5, 0.6) is 0 Å². The number of rotatable bonds is 3. The maximum atomic E-state index is 12.8. The molecule has 1 aromatic heterocycles. The Hall–Kier alpha value is -2.04. The second-order valence-electron chi connectivity index (χ2n) is 7.93. The highest BCUT2D eigenvalue weighted by Crippen LogP contribution is 2.54. The van der Waals surface area contributed by atoms with Gasteiger partial charge in [-0.25, -0.2) is 0 Å². The molecule has 5 nitrogen and oxygen atoms in total. The maximum Gasteiger partial charge on any atom is 0.268 e. The van der Waals surface area contributed by atoms with Crippen molar-refractivity contribution in [1.82, 2.24) is 10.3 Å². The number of nitrogens with zero attached hydrogens (tertiary/aromatic N) is 3. The van der Waals surface area contributed by atoms with E-state index in [0.717, 1.165) is 23.7 Å². The summed E-state index contributed by atoms with van der Waals surface area (Å²) in [4.78, 5) is 17.2. The van der Waals surface area contributed by atoms with Gasteiger partial charge < -0.3 is 5.32 Å². The number of hydrogen-bond acceptors (Lipinski definition) is 4. The molecule has 5 heteroatoms. The van der Waals surface area contributed by atoms with Crippen LogP contribution in [0, 0.1) is 23.2 Å². The number of pyridine rings is 1. The lowest BCUT2D eigenvalue weighted by atomic mass is 9.84. The van der Waals surface area contributed by atoms with E-state index < -0.39 is 0 Å². The summed E-state index contributed by atoms with van der Waals surface area (Å²) in [5.41, 5.74) is 2.48. The zero-order valence-corrected chi connectivity index (χ0v) is 13.8. The molecule has 3 unspecified atom stereocenters. The molecule has 0 bridgehead atoms. The summed E-state index contributed by atoms with van der Waals surface area (Å²) in [6.07, 6.45) is 4.04. The van der Waals surface area contributed by atoms with Crippen molar-refractivity contribution in [2.45, 2.75) is 39.7 Å². The minimum Gasteiger partial charge on any atom is -0.342 e. The smallest absolute Gasteiger partial charge is 0.268 e. The predicted molar refractivity (Wildman–Crippen MR) is 89.1 cm³/mol. The lowest BCUT2D eigenvalue weighted by Crippen LogP contribution is -2.42. The molecular weight excluding hydrogens is 288 g/mol. The van der Waals surface area contributed by atoms with Crippen LogP contribution < -0.4 is 5.32 Å². The molecule has 1 N–H and O–H groups in total. The van der Waals surface area contributed by atoms with Gasteiger partial charge in [-0.05, 0) is 36.3 Å². The third-order valence-corrected chi connectivity index (χ3v) is 5.16. The number of nitrogens with one attached hydrogen (secondary N) is 1. The van der Waals surface area contributed by atoms with Crippen molar-refractivity contribution in [1.29, 1.82) is 0 Å². The van der Waals surface area contributed by atoms with Crippen LogP contribution in [0.3, 0.4) is 0 Å². The molecule has 4 rings (SSSR count). The summed E-state index contributed by atoms with van der Waals surface area (Å²) in [7, 11) is 0. The monoisotopic (exact) mass is 310 g/mol. The third-order valence-electron chi connectivity index (χ3n) is 5.16. The molecular formula is C18H22N4O. The molecule has 1 amide bonds. The Bertz CT molecular complexity index is 701. The molecule has 23 heavy (non-hydrogen) atoms. The Morgan fingerprint density at radius 3 is 2.78 bits per heavy atom. The van der Waals surface area contributed by atoms with E-state index in [0.29, 0.717) is 11.6 Å². The Labute approximate surface area is 136 Å². The highest BCUT2D eigenvalue weighted by Gasteiger charge is 2.55. The van der Waals surface area contributed by atoms with Crippen molar-refractivity contribution in [2.24, 2.45) is 33.4 Å². The number of hydrogen-bond donors (Lipinski definition) is 1. The van der Waals surface area contributed by atoms with Crippen molar-refractivity contribution >= 4 is 17.3 Å². The van der Waals surface area contributed by atoms with Crippen molar-refractivity contribution < 1.29 is 4.79 Å². The van der Waals surface area contributed by atoms with Crippen LogP contribution in [0.4, 0.5) is 0 Å². The quantitative estimate of drug-likeness (QED) is 0.933. The van der Waals surface area contributed by atoms with Gasteiger partial charge in [-0.15, -0.1) is 5.10 Å². The zero-order chi connectivity index (χ0) is 16.2. The highest BCUT2D eigenvalue weighted by molar-refractivity contribution is 6.45. The Balaban J connectivity index is 1.53. The number of carbonyl (C=O) groups excluding carboxylic acids is 1. The molecule has 1 aromatic rings. The number of aromatic nitrogens is 1. The average Bonchev–Trinajstić information content (AvgIpc) is 2.99. The van der Waals surface area contributed by atoms with Gasteiger partial charge in [0.25, 0.3) is 5.91 Å². The summed E-state index contributed by atoms with van der Waals surface area (Å²) in [6, 6.07) is 5.64. The fraction of sp³-hybridized carbons (Fsp3) is 0.556. The molecule has 0 aromatic carbocycles.